The average molecular weight is 534 g/mol. The minimum atomic E-state index is -1.50. The van der Waals surface area contributed by atoms with Gasteiger partial charge in [0.25, 0.3) is 0 Å². The van der Waals surface area contributed by atoms with Crippen LogP contribution < -0.4 is 5.32 Å². The molecule has 1 aliphatic heterocycles. The number of carbonyl (C=O) groups excluding carboxylic acids is 4. The highest BCUT2D eigenvalue weighted by Gasteiger charge is 2.52. The van der Waals surface area contributed by atoms with Gasteiger partial charge >= 0.3 is 17.9 Å². The minimum Gasteiger partial charge on any atom is -0.452 e. The van der Waals surface area contributed by atoms with Crippen molar-refractivity contribution in [2.45, 2.75) is 37.6 Å². The average Bonchev–Trinajstić information content (AvgIpc) is 2.96. The third-order valence-corrected chi connectivity index (χ3v) is 5.93. The molecule has 10 heteroatoms. The predicted molar refractivity (Wildman–Crippen MR) is 136 cm³/mol. The summed E-state index contributed by atoms with van der Waals surface area (Å²) in [5, 5.41) is 12.8. The molecule has 1 fully saturated rings. The number of nitrogens with one attached hydrogen (secondary N) is 1. The van der Waals surface area contributed by atoms with Crippen LogP contribution in [0.3, 0.4) is 0 Å². The zero-order valence-electron chi connectivity index (χ0n) is 21.0. The highest BCUT2D eigenvalue weighted by molar-refractivity contribution is 5.91. The zero-order chi connectivity index (χ0) is 27.8. The molecule has 3 aromatic rings. The van der Waals surface area contributed by atoms with E-state index in [0.717, 1.165) is 0 Å². The van der Waals surface area contributed by atoms with Gasteiger partial charge in [0, 0.05) is 6.92 Å². The Morgan fingerprint density at radius 2 is 1.10 bits per heavy atom. The first kappa shape index (κ1) is 27.5. The molecule has 2 N–H and O–H groups in total. The summed E-state index contributed by atoms with van der Waals surface area (Å²) in [5.74, 6) is -2.89. The maximum atomic E-state index is 13.1. The molecular formula is C29H27NO9. The van der Waals surface area contributed by atoms with Crippen molar-refractivity contribution in [3.8, 4) is 0 Å². The van der Waals surface area contributed by atoms with Crippen molar-refractivity contribution < 1.29 is 43.2 Å². The molecule has 1 aliphatic rings. The summed E-state index contributed by atoms with van der Waals surface area (Å²) in [4.78, 5) is 51.2. The second-order valence-corrected chi connectivity index (χ2v) is 8.70. The van der Waals surface area contributed by atoms with Gasteiger partial charge < -0.3 is 29.4 Å². The summed E-state index contributed by atoms with van der Waals surface area (Å²) in [6.07, 6.45) is -5.56. The molecule has 0 aliphatic carbocycles. The molecule has 1 amide bonds. The van der Waals surface area contributed by atoms with Gasteiger partial charge in [-0.2, -0.15) is 0 Å². The standard InChI is InChI=1S/C29H27NO9/c1-18(32)30-23-25(38-27(34)20-13-7-3-8-14-20)24(37-26(33)19-11-5-2-6-12-19)22(17-31)36-29(23)39-28(35)21-15-9-4-10-16-21/h2-16,22-25,29,31H,17H2,1H3,(H,30,32)/t22-,23-,24-,25-,29?/m1/s1. The summed E-state index contributed by atoms with van der Waals surface area (Å²) in [7, 11) is 0. The third kappa shape index (κ3) is 6.86. The number of esters is 3. The Kier molecular flexibility index (Phi) is 9.03. The van der Waals surface area contributed by atoms with Gasteiger partial charge in [0.1, 0.15) is 12.1 Å². The Labute approximate surface area is 224 Å². The first-order valence-corrected chi connectivity index (χ1v) is 12.2. The van der Waals surface area contributed by atoms with Gasteiger partial charge in [-0.15, -0.1) is 0 Å². The number of aliphatic hydroxyl groups excluding tert-OH is 1. The van der Waals surface area contributed by atoms with Crippen molar-refractivity contribution in [3.63, 3.8) is 0 Å². The third-order valence-electron chi connectivity index (χ3n) is 5.93. The van der Waals surface area contributed by atoms with Crippen LogP contribution in [0.5, 0.6) is 0 Å². The van der Waals surface area contributed by atoms with E-state index in [0.29, 0.717) is 0 Å². The zero-order valence-corrected chi connectivity index (χ0v) is 21.0. The fourth-order valence-electron chi connectivity index (χ4n) is 4.10. The minimum absolute atomic E-state index is 0.192. The number of ether oxygens (including phenoxy) is 4. The summed E-state index contributed by atoms with van der Waals surface area (Å²) in [6, 6.07) is 22.9. The normalized spacial score (nSPS) is 22.3. The number of benzene rings is 3. The van der Waals surface area contributed by atoms with Crippen molar-refractivity contribution in [2.24, 2.45) is 0 Å². The molecule has 5 atom stereocenters. The summed E-state index contributed by atoms with van der Waals surface area (Å²) in [5.41, 5.74) is 0.604. The van der Waals surface area contributed by atoms with Gasteiger partial charge in [0.2, 0.25) is 12.2 Å². The van der Waals surface area contributed by atoms with Crippen LogP contribution in [-0.2, 0) is 23.7 Å². The summed E-state index contributed by atoms with van der Waals surface area (Å²) in [6.45, 7) is 0.535. The molecule has 1 unspecified atom stereocenters. The molecule has 1 heterocycles. The van der Waals surface area contributed by atoms with Gasteiger partial charge in [-0.1, -0.05) is 54.6 Å². The summed E-state index contributed by atoms with van der Waals surface area (Å²) >= 11 is 0. The maximum Gasteiger partial charge on any atom is 0.340 e. The number of hydrogen-bond donors (Lipinski definition) is 2. The summed E-state index contributed by atoms with van der Waals surface area (Å²) < 4.78 is 22.9. The lowest BCUT2D eigenvalue weighted by atomic mass is 9.95. The fourth-order valence-corrected chi connectivity index (χ4v) is 4.10. The van der Waals surface area contributed by atoms with E-state index in [2.05, 4.69) is 5.32 Å². The van der Waals surface area contributed by atoms with Crippen LogP contribution in [-0.4, -0.2) is 66.2 Å². The molecule has 0 bridgehead atoms. The molecule has 1 saturated heterocycles. The van der Waals surface area contributed by atoms with Crippen LogP contribution >= 0.6 is 0 Å². The van der Waals surface area contributed by atoms with E-state index in [1.807, 2.05) is 0 Å². The highest BCUT2D eigenvalue weighted by Crippen LogP contribution is 2.29. The molecule has 0 radical (unpaired) electrons. The molecular weight excluding hydrogens is 506 g/mol. The Morgan fingerprint density at radius 1 is 0.692 bits per heavy atom. The lowest BCUT2D eigenvalue weighted by Crippen LogP contribution is -2.66. The van der Waals surface area contributed by atoms with Crippen LogP contribution in [0.4, 0.5) is 0 Å². The fraction of sp³-hybridized carbons (Fsp3) is 0.241. The number of amides is 1. The van der Waals surface area contributed by atoms with E-state index in [9.17, 15) is 24.3 Å². The van der Waals surface area contributed by atoms with Crippen molar-refractivity contribution in [1.82, 2.24) is 5.32 Å². The number of carbonyl (C=O) groups is 4. The Bertz CT molecular complexity index is 1280. The van der Waals surface area contributed by atoms with Crippen molar-refractivity contribution in [1.29, 1.82) is 0 Å². The van der Waals surface area contributed by atoms with Gasteiger partial charge in [-0.25, -0.2) is 14.4 Å². The predicted octanol–water partition coefficient (Wildman–Crippen LogP) is 2.52. The molecule has 0 saturated carbocycles. The van der Waals surface area contributed by atoms with E-state index in [1.165, 1.54) is 43.3 Å². The first-order chi connectivity index (χ1) is 18.9. The highest BCUT2D eigenvalue weighted by atomic mass is 16.7. The quantitative estimate of drug-likeness (QED) is 0.330. The van der Waals surface area contributed by atoms with Crippen molar-refractivity contribution in [2.75, 3.05) is 6.61 Å². The molecule has 0 spiro atoms. The lowest BCUT2D eigenvalue weighted by molar-refractivity contribution is -0.252. The van der Waals surface area contributed by atoms with Crippen LogP contribution in [0.2, 0.25) is 0 Å². The van der Waals surface area contributed by atoms with Gasteiger partial charge in [0.05, 0.1) is 23.3 Å². The van der Waals surface area contributed by atoms with Crippen molar-refractivity contribution >= 4 is 23.8 Å². The van der Waals surface area contributed by atoms with E-state index >= 15 is 0 Å². The smallest absolute Gasteiger partial charge is 0.340 e. The van der Waals surface area contributed by atoms with Gasteiger partial charge in [-0.05, 0) is 36.4 Å². The van der Waals surface area contributed by atoms with Crippen LogP contribution in [0.15, 0.2) is 91.0 Å². The Balaban J connectivity index is 1.69. The molecule has 0 aromatic heterocycles. The van der Waals surface area contributed by atoms with Gasteiger partial charge in [0.15, 0.2) is 12.2 Å². The van der Waals surface area contributed by atoms with Crippen LogP contribution in [0.1, 0.15) is 38.0 Å². The van der Waals surface area contributed by atoms with E-state index in [4.69, 9.17) is 18.9 Å². The van der Waals surface area contributed by atoms with Crippen LogP contribution in [0, 0.1) is 0 Å². The number of hydrogen-bond acceptors (Lipinski definition) is 9. The largest absolute Gasteiger partial charge is 0.452 e. The molecule has 202 valence electrons. The van der Waals surface area contributed by atoms with E-state index in [1.54, 1.807) is 54.6 Å². The maximum absolute atomic E-state index is 13.1. The second kappa shape index (κ2) is 12.8. The van der Waals surface area contributed by atoms with Crippen LogP contribution in [0.25, 0.3) is 0 Å². The second-order valence-electron chi connectivity index (χ2n) is 8.70. The Morgan fingerprint density at radius 3 is 1.51 bits per heavy atom. The number of rotatable bonds is 8. The SMILES string of the molecule is CC(=O)N[C@H]1C(OC(=O)c2ccccc2)O[C@H](CO)[C@@H](OC(=O)c2ccccc2)[C@@H]1OC(=O)c1ccccc1. The van der Waals surface area contributed by atoms with Crippen molar-refractivity contribution in [3.05, 3.63) is 108 Å². The number of aliphatic hydroxyl groups is 1. The van der Waals surface area contributed by atoms with Gasteiger partial charge in [-0.3, -0.25) is 4.79 Å². The monoisotopic (exact) mass is 533 g/mol. The molecule has 39 heavy (non-hydrogen) atoms. The van der Waals surface area contributed by atoms with E-state index < -0.39 is 61.1 Å². The molecule has 4 rings (SSSR count). The molecule has 10 nitrogen and oxygen atoms in total. The topological polar surface area (TPSA) is 137 Å². The lowest BCUT2D eigenvalue weighted by Gasteiger charge is -2.44. The molecule has 3 aromatic carbocycles. The first-order valence-electron chi connectivity index (χ1n) is 12.2. The Hall–Kier alpha value is -4.54. The van der Waals surface area contributed by atoms with E-state index in [-0.39, 0.29) is 16.7 Å².